The van der Waals surface area contributed by atoms with Crippen molar-refractivity contribution in [3.05, 3.63) is 59.7 Å². The summed E-state index contributed by atoms with van der Waals surface area (Å²) in [6, 6.07) is 14.7. The van der Waals surface area contributed by atoms with E-state index >= 15 is 0 Å². The molecule has 5 nitrogen and oxygen atoms in total. The van der Waals surface area contributed by atoms with Crippen molar-refractivity contribution in [2.45, 2.75) is 70.5 Å². The van der Waals surface area contributed by atoms with E-state index in [4.69, 9.17) is 0 Å². The maximum atomic E-state index is 13.0. The van der Waals surface area contributed by atoms with E-state index in [9.17, 15) is 15.0 Å². The number of hydrogen-bond acceptors (Lipinski definition) is 4. The van der Waals surface area contributed by atoms with Gasteiger partial charge in [0.25, 0.3) is 0 Å². The summed E-state index contributed by atoms with van der Waals surface area (Å²) in [6.07, 6.45) is 4.07. The number of aryl methyl sites for hydroxylation is 1. The summed E-state index contributed by atoms with van der Waals surface area (Å²) < 4.78 is 0. The largest absolute Gasteiger partial charge is 0.508 e. The van der Waals surface area contributed by atoms with Crippen LogP contribution in [0.4, 0.5) is 0 Å². The quantitative estimate of drug-likeness (QED) is 0.665. The van der Waals surface area contributed by atoms with E-state index in [1.54, 1.807) is 18.2 Å². The van der Waals surface area contributed by atoms with Gasteiger partial charge in [0.15, 0.2) is 0 Å². The van der Waals surface area contributed by atoms with E-state index in [0.717, 1.165) is 31.4 Å². The molecule has 2 N–H and O–H groups in total. The molecule has 5 heteroatoms. The fraction of sp³-hybridized carbons (Fsp3) is 0.500. The number of hydrogen-bond donors (Lipinski definition) is 2. The summed E-state index contributed by atoms with van der Waals surface area (Å²) >= 11 is 0. The summed E-state index contributed by atoms with van der Waals surface area (Å²) in [5, 5.41) is 19.3. The van der Waals surface area contributed by atoms with Gasteiger partial charge in [0.2, 0.25) is 5.91 Å². The van der Waals surface area contributed by atoms with E-state index in [-0.39, 0.29) is 23.4 Å². The summed E-state index contributed by atoms with van der Waals surface area (Å²) in [5.74, 6) is 1.12. The average Bonchev–Trinajstić information content (AvgIpc) is 2.74. The Balaban J connectivity index is 1.65. The van der Waals surface area contributed by atoms with Crippen LogP contribution < -0.4 is 0 Å². The van der Waals surface area contributed by atoms with E-state index in [0.29, 0.717) is 24.5 Å². The Hall–Kier alpha value is -2.53. The topological polar surface area (TPSA) is 64.0 Å². The molecular weight excluding hydrogens is 388 g/mol. The number of likely N-dealkylation sites (tertiary alicyclic amines) is 1. The molecule has 1 unspecified atom stereocenters. The summed E-state index contributed by atoms with van der Waals surface area (Å²) in [7, 11) is 1.92. The molecule has 0 aliphatic carbocycles. The molecule has 1 aliphatic rings. The first-order valence-corrected chi connectivity index (χ1v) is 11.3. The molecule has 0 saturated carbocycles. The highest BCUT2D eigenvalue weighted by Crippen LogP contribution is 2.40. The highest BCUT2D eigenvalue weighted by molar-refractivity contribution is 5.76. The second kappa shape index (κ2) is 9.73. The minimum atomic E-state index is -0.0550. The zero-order chi connectivity index (χ0) is 22.6. The monoisotopic (exact) mass is 424 g/mol. The highest BCUT2D eigenvalue weighted by Gasteiger charge is 2.40. The lowest BCUT2D eigenvalue weighted by atomic mass is 9.78. The fourth-order valence-electron chi connectivity index (χ4n) is 5.00. The molecule has 0 spiro atoms. The third-order valence-electron chi connectivity index (χ3n) is 6.71. The van der Waals surface area contributed by atoms with Crippen molar-refractivity contribution >= 4 is 5.91 Å². The van der Waals surface area contributed by atoms with Crippen LogP contribution in [0.15, 0.2) is 48.5 Å². The summed E-state index contributed by atoms with van der Waals surface area (Å²) in [6.45, 7) is 7.59. The molecule has 3 rings (SSSR count). The molecule has 2 atom stereocenters. The first kappa shape index (κ1) is 23.1. The Morgan fingerprint density at radius 1 is 1.16 bits per heavy atom. The van der Waals surface area contributed by atoms with Gasteiger partial charge in [-0.15, -0.1) is 0 Å². The first-order valence-electron chi connectivity index (χ1n) is 11.3. The first-order chi connectivity index (χ1) is 14.7. The second-order valence-corrected chi connectivity index (χ2v) is 9.35. The third-order valence-corrected chi connectivity index (χ3v) is 6.71. The molecule has 1 heterocycles. The zero-order valence-corrected chi connectivity index (χ0v) is 19.2. The number of carbonyl (C=O) groups is 1. The summed E-state index contributed by atoms with van der Waals surface area (Å²) in [5.41, 5.74) is 2.19. The zero-order valence-electron chi connectivity index (χ0n) is 19.2. The smallest absolute Gasteiger partial charge is 0.223 e. The van der Waals surface area contributed by atoms with Crippen LogP contribution in [0.25, 0.3) is 0 Å². The Bertz CT molecular complexity index is 878. The van der Waals surface area contributed by atoms with Crippen LogP contribution in [0.3, 0.4) is 0 Å². The van der Waals surface area contributed by atoms with Gasteiger partial charge in [-0.2, -0.15) is 0 Å². The van der Waals surface area contributed by atoms with E-state index in [1.807, 2.05) is 36.2 Å². The lowest BCUT2D eigenvalue weighted by Crippen LogP contribution is -2.59. The van der Waals surface area contributed by atoms with Gasteiger partial charge in [0.05, 0.1) is 6.17 Å². The van der Waals surface area contributed by atoms with Crippen molar-refractivity contribution in [2.75, 3.05) is 13.6 Å². The number of benzene rings is 2. The van der Waals surface area contributed by atoms with E-state index < -0.39 is 0 Å². The molecule has 0 bridgehead atoms. The molecule has 2 aromatic carbocycles. The molecule has 0 radical (unpaired) electrons. The fourth-order valence-corrected chi connectivity index (χ4v) is 5.00. The van der Waals surface area contributed by atoms with Crippen LogP contribution in [-0.4, -0.2) is 51.2 Å². The second-order valence-electron chi connectivity index (χ2n) is 9.35. The van der Waals surface area contributed by atoms with Gasteiger partial charge in [-0.3, -0.25) is 9.69 Å². The SMILES string of the molecule is CCC(N(C)C(=O)CCc1ccc(O)cc1)N1CC[C@@H](c2cccc(O)c2)CC1(C)C. The highest BCUT2D eigenvalue weighted by atomic mass is 16.3. The maximum absolute atomic E-state index is 13.0. The number of aromatic hydroxyl groups is 2. The van der Waals surface area contributed by atoms with Crippen LogP contribution >= 0.6 is 0 Å². The van der Waals surface area contributed by atoms with Crippen LogP contribution in [0, 0.1) is 0 Å². The van der Waals surface area contributed by atoms with Crippen molar-refractivity contribution in [1.29, 1.82) is 0 Å². The van der Waals surface area contributed by atoms with Gasteiger partial charge in [0.1, 0.15) is 11.5 Å². The van der Waals surface area contributed by atoms with Gasteiger partial charge >= 0.3 is 0 Å². The predicted octanol–water partition coefficient (Wildman–Crippen LogP) is 4.88. The Labute approximate surface area is 186 Å². The van der Waals surface area contributed by atoms with Gasteiger partial charge in [-0.05, 0) is 80.8 Å². The van der Waals surface area contributed by atoms with Gasteiger partial charge < -0.3 is 15.1 Å². The number of rotatable bonds is 7. The van der Waals surface area contributed by atoms with Crippen LogP contribution in [0.2, 0.25) is 0 Å². The minimum absolute atomic E-state index is 0.0550. The van der Waals surface area contributed by atoms with Gasteiger partial charge in [0, 0.05) is 25.6 Å². The molecule has 2 aromatic rings. The lowest BCUT2D eigenvalue weighted by molar-refractivity contribution is -0.140. The number of phenols is 2. The lowest BCUT2D eigenvalue weighted by Gasteiger charge is -2.51. The van der Waals surface area contributed by atoms with Gasteiger partial charge in [-0.1, -0.05) is 31.2 Å². The van der Waals surface area contributed by atoms with Crippen LogP contribution in [0.5, 0.6) is 11.5 Å². The van der Waals surface area contributed by atoms with Gasteiger partial charge in [-0.25, -0.2) is 0 Å². The summed E-state index contributed by atoms with van der Waals surface area (Å²) in [4.78, 5) is 17.4. The van der Waals surface area contributed by atoms with Crippen molar-refractivity contribution in [2.24, 2.45) is 0 Å². The molecule has 168 valence electrons. The maximum Gasteiger partial charge on any atom is 0.223 e. The molecule has 31 heavy (non-hydrogen) atoms. The normalized spacial score (nSPS) is 19.7. The third kappa shape index (κ3) is 5.59. The molecular formula is C26H36N2O3. The number of amides is 1. The number of phenolic OH excluding ortho intramolecular Hbond substituents is 2. The number of nitrogens with zero attached hydrogens (tertiary/aromatic N) is 2. The van der Waals surface area contributed by atoms with E-state index in [1.165, 1.54) is 5.56 Å². The Morgan fingerprint density at radius 3 is 2.48 bits per heavy atom. The van der Waals surface area contributed by atoms with Crippen LogP contribution in [-0.2, 0) is 11.2 Å². The number of piperidine rings is 1. The molecule has 1 aliphatic heterocycles. The minimum Gasteiger partial charge on any atom is -0.508 e. The Kier molecular flexibility index (Phi) is 7.26. The van der Waals surface area contributed by atoms with Crippen LogP contribution in [0.1, 0.15) is 63.5 Å². The number of carbonyl (C=O) groups excluding carboxylic acids is 1. The molecule has 1 amide bonds. The van der Waals surface area contributed by atoms with Crippen molar-refractivity contribution in [3.63, 3.8) is 0 Å². The van der Waals surface area contributed by atoms with Crippen molar-refractivity contribution < 1.29 is 15.0 Å². The average molecular weight is 425 g/mol. The molecule has 1 fully saturated rings. The Morgan fingerprint density at radius 2 is 1.87 bits per heavy atom. The molecule has 0 aromatic heterocycles. The van der Waals surface area contributed by atoms with Crippen molar-refractivity contribution in [3.8, 4) is 11.5 Å². The van der Waals surface area contributed by atoms with Crippen molar-refractivity contribution in [1.82, 2.24) is 9.80 Å². The van der Waals surface area contributed by atoms with E-state index in [2.05, 4.69) is 31.7 Å². The predicted molar refractivity (Wildman–Crippen MR) is 124 cm³/mol. The standard InChI is InChI=1S/C26H36N2O3/c1-5-24(27(4)25(31)14-11-19-9-12-22(29)13-10-19)28-16-15-21(18-26(28,2)3)20-7-6-8-23(30)17-20/h6-10,12-13,17,21,24,29-30H,5,11,14-16,18H2,1-4H3/t21-,24?/m1/s1. The molecule has 1 saturated heterocycles.